The zero-order valence-corrected chi connectivity index (χ0v) is 19.8. The number of nitrogens with zero attached hydrogens (tertiary/aromatic N) is 1. The number of piperazine rings is 1. The van der Waals surface area contributed by atoms with Crippen LogP contribution in [0.15, 0.2) is 58.8 Å². The van der Waals surface area contributed by atoms with E-state index in [2.05, 4.69) is 28.8 Å². The second kappa shape index (κ2) is 9.09. The predicted molar refractivity (Wildman–Crippen MR) is 128 cm³/mol. The first-order chi connectivity index (χ1) is 15.3. The Bertz CT molecular complexity index is 1200. The lowest BCUT2D eigenvalue weighted by atomic mass is 10.1. The zero-order valence-electron chi connectivity index (χ0n) is 18.1. The van der Waals surface area contributed by atoms with Crippen molar-refractivity contribution in [2.45, 2.75) is 30.1 Å². The predicted octanol–water partition coefficient (Wildman–Crippen LogP) is 4.55. The van der Waals surface area contributed by atoms with E-state index in [9.17, 15) is 12.8 Å². The Balaban J connectivity index is 1.60. The third kappa shape index (κ3) is 4.74. The van der Waals surface area contributed by atoms with Crippen LogP contribution in [-0.4, -0.2) is 40.7 Å². The normalized spacial score (nSPS) is 19.1. The third-order valence-electron chi connectivity index (χ3n) is 5.31. The summed E-state index contributed by atoms with van der Waals surface area (Å²) in [6.07, 6.45) is 0. The fraction of sp³-hybridized carbons (Fsp3) is 0.304. The van der Waals surface area contributed by atoms with Crippen LogP contribution in [0.4, 0.5) is 15.8 Å². The molecule has 0 spiro atoms. The molecule has 32 heavy (non-hydrogen) atoms. The Labute approximate surface area is 192 Å². The summed E-state index contributed by atoms with van der Waals surface area (Å²) < 4.78 is 48.5. The molecule has 170 valence electrons. The van der Waals surface area contributed by atoms with Crippen molar-refractivity contribution < 1.29 is 17.5 Å². The molecule has 4 rings (SSSR count). The number of hydrogen-bond acceptors (Lipinski definition) is 6. The van der Waals surface area contributed by atoms with Crippen LogP contribution in [0.1, 0.15) is 13.8 Å². The molecule has 2 N–H and O–H groups in total. The van der Waals surface area contributed by atoms with Gasteiger partial charge in [0.05, 0.1) is 18.5 Å². The highest BCUT2D eigenvalue weighted by molar-refractivity contribution is 7.94. The van der Waals surface area contributed by atoms with Crippen LogP contribution in [0.25, 0.3) is 10.4 Å². The van der Waals surface area contributed by atoms with E-state index in [1.54, 1.807) is 49.6 Å². The molecule has 0 amide bonds. The minimum absolute atomic E-state index is 0.123. The largest absolute Gasteiger partial charge is 0.495 e. The summed E-state index contributed by atoms with van der Waals surface area (Å²) in [6, 6.07) is 15.3. The number of anilines is 2. The van der Waals surface area contributed by atoms with Crippen molar-refractivity contribution in [1.29, 1.82) is 0 Å². The molecule has 2 aromatic carbocycles. The van der Waals surface area contributed by atoms with Crippen LogP contribution in [0.5, 0.6) is 5.75 Å². The first kappa shape index (κ1) is 22.6. The molecule has 1 saturated heterocycles. The summed E-state index contributed by atoms with van der Waals surface area (Å²) in [5, 5.41) is 3.49. The number of halogens is 1. The molecule has 2 atom stereocenters. The third-order valence-corrected chi connectivity index (χ3v) is 8.31. The fourth-order valence-corrected chi connectivity index (χ4v) is 6.38. The van der Waals surface area contributed by atoms with Crippen LogP contribution in [0.3, 0.4) is 0 Å². The van der Waals surface area contributed by atoms with Crippen molar-refractivity contribution in [3.63, 3.8) is 0 Å². The summed E-state index contributed by atoms with van der Waals surface area (Å²) in [6.45, 7) is 5.80. The van der Waals surface area contributed by atoms with E-state index < -0.39 is 10.0 Å². The van der Waals surface area contributed by atoms with Gasteiger partial charge in [0.25, 0.3) is 10.0 Å². The molecule has 3 aromatic rings. The highest BCUT2D eigenvalue weighted by Crippen LogP contribution is 2.35. The van der Waals surface area contributed by atoms with E-state index >= 15 is 0 Å². The van der Waals surface area contributed by atoms with Gasteiger partial charge in [0, 0.05) is 35.6 Å². The highest BCUT2D eigenvalue weighted by atomic mass is 32.2. The van der Waals surface area contributed by atoms with Gasteiger partial charge in [0.15, 0.2) is 0 Å². The molecule has 1 aliphatic rings. The Morgan fingerprint density at radius 3 is 2.50 bits per heavy atom. The maximum absolute atomic E-state index is 14.1. The molecule has 1 aromatic heterocycles. The first-order valence-electron chi connectivity index (χ1n) is 10.3. The smallest absolute Gasteiger partial charge is 0.271 e. The van der Waals surface area contributed by atoms with Crippen molar-refractivity contribution in [2.24, 2.45) is 0 Å². The van der Waals surface area contributed by atoms with Crippen molar-refractivity contribution in [1.82, 2.24) is 5.32 Å². The highest BCUT2D eigenvalue weighted by Gasteiger charge is 2.25. The number of nitrogens with one attached hydrogen (secondary N) is 2. The van der Waals surface area contributed by atoms with Crippen LogP contribution >= 0.6 is 11.3 Å². The van der Waals surface area contributed by atoms with Crippen molar-refractivity contribution >= 4 is 32.7 Å². The second-order valence-electron chi connectivity index (χ2n) is 7.96. The van der Waals surface area contributed by atoms with Gasteiger partial charge in [-0.15, -0.1) is 11.3 Å². The Morgan fingerprint density at radius 1 is 1.09 bits per heavy atom. The number of ether oxygens (including phenoxy) is 1. The standard InChI is InChI=1S/C23H26FN3O3S2/c1-15-13-27(14-16(2)25-15)20-12-17(8-9-21(20)30-3)26-32(28,29)23-11-10-22(31-23)18-6-4-5-7-19(18)24/h4-12,15-16,25-26H,13-14H2,1-3H3/t15-,16+. The van der Waals surface area contributed by atoms with E-state index in [4.69, 9.17) is 4.74 Å². The monoisotopic (exact) mass is 475 g/mol. The van der Waals surface area contributed by atoms with Crippen LogP contribution in [0, 0.1) is 5.82 Å². The Hall–Kier alpha value is -2.62. The second-order valence-corrected chi connectivity index (χ2v) is 11.0. The van der Waals surface area contributed by atoms with E-state index in [0.717, 1.165) is 30.1 Å². The fourth-order valence-electron chi connectivity index (χ4n) is 4.00. The molecule has 6 nitrogen and oxygen atoms in total. The molecular formula is C23H26FN3O3S2. The Kier molecular flexibility index (Phi) is 6.41. The lowest BCUT2D eigenvalue weighted by Gasteiger charge is -2.38. The number of hydrogen-bond donors (Lipinski definition) is 2. The van der Waals surface area contributed by atoms with Crippen molar-refractivity contribution in [2.75, 3.05) is 29.8 Å². The maximum Gasteiger partial charge on any atom is 0.271 e. The van der Waals surface area contributed by atoms with Crippen molar-refractivity contribution in [3.8, 4) is 16.2 Å². The minimum Gasteiger partial charge on any atom is -0.495 e. The van der Waals surface area contributed by atoms with E-state index in [0.29, 0.717) is 34.0 Å². The summed E-state index contributed by atoms with van der Waals surface area (Å²) in [4.78, 5) is 2.76. The molecule has 0 radical (unpaired) electrons. The number of thiophene rings is 1. The molecule has 0 unspecified atom stereocenters. The van der Waals surface area contributed by atoms with Crippen molar-refractivity contribution in [3.05, 3.63) is 60.4 Å². The van der Waals surface area contributed by atoms with Gasteiger partial charge in [0.2, 0.25) is 0 Å². The van der Waals surface area contributed by atoms with Crippen LogP contribution in [-0.2, 0) is 10.0 Å². The van der Waals surface area contributed by atoms with E-state index in [-0.39, 0.29) is 10.0 Å². The lowest BCUT2D eigenvalue weighted by molar-refractivity contribution is 0.391. The number of sulfonamides is 1. The molecule has 1 fully saturated rings. The zero-order chi connectivity index (χ0) is 22.9. The molecule has 0 aliphatic carbocycles. The van der Waals surface area contributed by atoms with Gasteiger partial charge >= 0.3 is 0 Å². The van der Waals surface area contributed by atoms with Gasteiger partial charge in [-0.25, -0.2) is 12.8 Å². The minimum atomic E-state index is -3.83. The quantitative estimate of drug-likeness (QED) is 0.547. The lowest BCUT2D eigenvalue weighted by Crippen LogP contribution is -2.54. The average Bonchev–Trinajstić information content (AvgIpc) is 3.24. The number of methoxy groups -OCH3 is 1. The van der Waals surface area contributed by atoms with E-state index in [1.165, 1.54) is 12.1 Å². The topological polar surface area (TPSA) is 70.7 Å². The van der Waals surface area contributed by atoms with Gasteiger partial charge < -0.3 is 15.0 Å². The number of rotatable bonds is 6. The maximum atomic E-state index is 14.1. The molecule has 1 aliphatic heterocycles. The van der Waals surface area contributed by atoms with Crippen LogP contribution < -0.4 is 19.7 Å². The molecule has 2 heterocycles. The van der Waals surface area contributed by atoms with Gasteiger partial charge in [0.1, 0.15) is 15.8 Å². The average molecular weight is 476 g/mol. The van der Waals surface area contributed by atoms with Gasteiger partial charge in [-0.05, 0) is 50.2 Å². The summed E-state index contributed by atoms with van der Waals surface area (Å²) >= 11 is 1.03. The SMILES string of the molecule is COc1ccc(NS(=O)(=O)c2ccc(-c3ccccc3F)s2)cc1N1C[C@@H](C)N[C@@H](C)C1. The summed E-state index contributed by atoms with van der Waals surface area (Å²) in [5.74, 6) is 0.303. The van der Waals surface area contributed by atoms with Gasteiger partial charge in [-0.3, -0.25) is 4.72 Å². The Morgan fingerprint density at radius 2 is 1.81 bits per heavy atom. The molecule has 9 heteroatoms. The van der Waals surface area contributed by atoms with Gasteiger partial charge in [-0.2, -0.15) is 0 Å². The summed E-state index contributed by atoms with van der Waals surface area (Å²) in [5.41, 5.74) is 1.67. The van der Waals surface area contributed by atoms with Crippen LogP contribution in [0.2, 0.25) is 0 Å². The molecular weight excluding hydrogens is 449 g/mol. The molecule has 0 saturated carbocycles. The molecule has 0 bridgehead atoms. The van der Waals surface area contributed by atoms with Gasteiger partial charge in [-0.1, -0.05) is 18.2 Å². The van der Waals surface area contributed by atoms with E-state index in [1.807, 2.05) is 0 Å². The first-order valence-corrected chi connectivity index (χ1v) is 12.6. The number of benzene rings is 2. The summed E-state index contributed by atoms with van der Waals surface area (Å²) in [7, 11) is -2.22.